The Kier molecular flexibility index (Phi) is 10.5. The molecule has 0 aliphatic rings. The van der Waals surface area contributed by atoms with Gasteiger partial charge in [-0.2, -0.15) is 0 Å². The van der Waals surface area contributed by atoms with Crippen molar-refractivity contribution in [1.29, 1.82) is 0 Å². The van der Waals surface area contributed by atoms with E-state index in [4.69, 9.17) is 0 Å². The van der Waals surface area contributed by atoms with Gasteiger partial charge in [0, 0.05) is 23.5 Å². The van der Waals surface area contributed by atoms with Crippen LogP contribution in [0.25, 0.3) is 0 Å². The van der Waals surface area contributed by atoms with Crippen molar-refractivity contribution in [3.8, 4) is 0 Å². The summed E-state index contributed by atoms with van der Waals surface area (Å²) in [5.41, 5.74) is 8.21. The fourth-order valence-electron chi connectivity index (χ4n) is 4.77. The van der Waals surface area contributed by atoms with Crippen molar-refractivity contribution >= 4 is 19.7 Å². The minimum Gasteiger partial charge on any atom is -0.335 e. The topological polar surface area (TPSA) is 27.3 Å². The van der Waals surface area contributed by atoms with Crippen LogP contribution < -0.4 is 10.2 Å². The van der Waals surface area contributed by atoms with Gasteiger partial charge in [-0.15, -0.1) is 0 Å². The molecule has 4 heteroatoms. The molecule has 0 spiro atoms. The van der Waals surface area contributed by atoms with Gasteiger partial charge in [0.25, 0.3) is 0 Å². The van der Waals surface area contributed by atoms with Gasteiger partial charge in [-0.05, 0) is 73.6 Å². The zero-order valence-corrected chi connectivity index (χ0v) is 24.7. The van der Waals surface area contributed by atoms with E-state index in [1.807, 2.05) is 0 Å². The number of nitrogens with zero attached hydrogens (tertiary/aromatic N) is 1. The number of benzene rings is 2. The van der Waals surface area contributed by atoms with Crippen LogP contribution in [-0.4, -0.2) is 16.8 Å². The monoisotopic (exact) mass is 483 g/mol. The summed E-state index contributed by atoms with van der Waals surface area (Å²) >= 11 is 0. The molecule has 0 saturated heterocycles. The van der Waals surface area contributed by atoms with Crippen molar-refractivity contribution in [3.05, 3.63) is 58.7 Å². The van der Waals surface area contributed by atoms with Crippen LogP contribution in [0.5, 0.6) is 0 Å². The molecular formula is C30H50N3P. The molecule has 0 unspecified atom stereocenters. The van der Waals surface area contributed by atoms with Crippen LogP contribution >= 0.6 is 8.37 Å². The van der Waals surface area contributed by atoms with Crippen LogP contribution in [0.1, 0.15) is 129 Å². The van der Waals surface area contributed by atoms with Gasteiger partial charge in [0.2, 0.25) is 0 Å². The first-order chi connectivity index (χ1) is 15.9. The van der Waals surface area contributed by atoms with Gasteiger partial charge in [0.05, 0.1) is 0 Å². The highest BCUT2D eigenvalue weighted by atomic mass is 31.1. The lowest BCUT2D eigenvalue weighted by molar-refractivity contribution is 0.324. The third kappa shape index (κ3) is 6.76. The van der Waals surface area contributed by atoms with Crippen molar-refractivity contribution in [2.45, 2.75) is 119 Å². The molecule has 0 saturated carbocycles. The van der Waals surface area contributed by atoms with Crippen LogP contribution in [0, 0.1) is 0 Å². The normalized spacial score (nSPS) is 12.5. The molecule has 0 amide bonds. The minimum atomic E-state index is -0.886. The number of nitrogens with one attached hydrogen (secondary N) is 2. The highest BCUT2D eigenvalue weighted by Crippen LogP contribution is 2.49. The summed E-state index contributed by atoms with van der Waals surface area (Å²) in [6.07, 6.45) is 0. The molecule has 0 aromatic heterocycles. The summed E-state index contributed by atoms with van der Waals surface area (Å²) in [4.78, 5) is 0. The van der Waals surface area contributed by atoms with Crippen molar-refractivity contribution in [1.82, 2.24) is 4.67 Å². The van der Waals surface area contributed by atoms with E-state index in [9.17, 15) is 0 Å². The highest BCUT2D eigenvalue weighted by Gasteiger charge is 2.29. The standard InChI is InChI=1S/C30H50N3P/c1-19(2)25-15-13-16-26(20(3)4)29(25)31-34(33(23(9)10)24(11)12)32-30-27(21(5)6)17-14-18-28(30)22(7)8/h13-24,31-32H,1-12H3. The summed E-state index contributed by atoms with van der Waals surface area (Å²) in [7, 11) is -0.886. The molecule has 0 heterocycles. The van der Waals surface area contributed by atoms with Crippen molar-refractivity contribution in [3.63, 3.8) is 0 Å². The Balaban J connectivity index is 2.71. The van der Waals surface area contributed by atoms with Gasteiger partial charge >= 0.3 is 0 Å². The number of hydrogen-bond donors (Lipinski definition) is 2. The third-order valence-corrected chi connectivity index (χ3v) is 8.73. The van der Waals surface area contributed by atoms with E-state index in [0.717, 1.165) is 0 Å². The average molecular weight is 484 g/mol. The smallest absolute Gasteiger partial charge is 0.173 e. The van der Waals surface area contributed by atoms with E-state index in [1.54, 1.807) is 0 Å². The Morgan fingerprint density at radius 3 is 0.971 bits per heavy atom. The highest BCUT2D eigenvalue weighted by molar-refractivity contribution is 7.58. The molecule has 0 aliphatic carbocycles. The van der Waals surface area contributed by atoms with Crippen LogP contribution in [0.3, 0.4) is 0 Å². The second-order valence-corrected chi connectivity index (χ2v) is 12.9. The molecule has 190 valence electrons. The van der Waals surface area contributed by atoms with Crippen molar-refractivity contribution < 1.29 is 0 Å². The number of para-hydroxylation sites is 2. The van der Waals surface area contributed by atoms with Crippen LogP contribution in [0.4, 0.5) is 11.4 Å². The lowest BCUT2D eigenvalue weighted by Crippen LogP contribution is -2.36. The fourth-order valence-corrected chi connectivity index (χ4v) is 6.92. The lowest BCUT2D eigenvalue weighted by Gasteiger charge is -2.40. The molecule has 0 aliphatic heterocycles. The van der Waals surface area contributed by atoms with E-state index < -0.39 is 8.37 Å². The Bertz CT molecular complexity index is 789. The largest absolute Gasteiger partial charge is 0.335 e. The molecular weight excluding hydrogens is 433 g/mol. The van der Waals surface area contributed by atoms with Gasteiger partial charge in [0.15, 0.2) is 8.37 Å². The summed E-state index contributed by atoms with van der Waals surface area (Å²) in [6, 6.07) is 14.4. The van der Waals surface area contributed by atoms with E-state index in [0.29, 0.717) is 35.8 Å². The zero-order chi connectivity index (χ0) is 25.7. The van der Waals surface area contributed by atoms with Crippen LogP contribution in [0.15, 0.2) is 36.4 Å². The Morgan fingerprint density at radius 1 is 0.500 bits per heavy atom. The van der Waals surface area contributed by atoms with Crippen LogP contribution in [-0.2, 0) is 0 Å². The quantitative estimate of drug-likeness (QED) is 0.311. The van der Waals surface area contributed by atoms with Gasteiger partial charge in [-0.3, -0.25) is 0 Å². The molecule has 0 atom stereocenters. The molecule has 0 bridgehead atoms. The minimum absolute atomic E-state index is 0.411. The zero-order valence-electron chi connectivity index (χ0n) is 23.8. The van der Waals surface area contributed by atoms with E-state index >= 15 is 0 Å². The number of rotatable bonds is 11. The summed E-state index contributed by atoms with van der Waals surface area (Å²) < 4.78 is 2.62. The maximum absolute atomic E-state index is 4.10. The molecule has 0 radical (unpaired) electrons. The third-order valence-electron chi connectivity index (χ3n) is 6.47. The Hall–Kier alpha value is -1.57. The molecule has 2 N–H and O–H groups in total. The lowest BCUT2D eigenvalue weighted by atomic mass is 9.93. The maximum atomic E-state index is 4.10. The Labute approximate surface area is 212 Å². The Morgan fingerprint density at radius 2 is 0.765 bits per heavy atom. The van der Waals surface area contributed by atoms with Gasteiger partial charge in [-0.1, -0.05) is 91.8 Å². The molecule has 3 nitrogen and oxygen atoms in total. The van der Waals surface area contributed by atoms with Crippen molar-refractivity contribution in [2.75, 3.05) is 10.2 Å². The SMILES string of the molecule is CC(C)c1cccc(C(C)C)c1NP(Nc1c(C(C)C)cccc1C(C)C)N(C(C)C)C(C)C. The van der Waals surface area contributed by atoms with E-state index in [1.165, 1.54) is 33.6 Å². The van der Waals surface area contributed by atoms with Gasteiger partial charge in [0.1, 0.15) is 0 Å². The van der Waals surface area contributed by atoms with Crippen LogP contribution in [0.2, 0.25) is 0 Å². The first-order valence-corrected chi connectivity index (χ1v) is 14.5. The summed E-state index contributed by atoms with van der Waals surface area (Å²) in [5.74, 6) is 1.83. The predicted molar refractivity (Wildman–Crippen MR) is 156 cm³/mol. The van der Waals surface area contributed by atoms with E-state index in [-0.39, 0.29) is 0 Å². The molecule has 34 heavy (non-hydrogen) atoms. The van der Waals surface area contributed by atoms with E-state index in [2.05, 4.69) is 134 Å². The molecule has 0 fully saturated rings. The average Bonchev–Trinajstić information content (AvgIpc) is 2.72. The fraction of sp³-hybridized carbons (Fsp3) is 0.600. The second-order valence-electron chi connectivity index (χ2n) is 11.3. The molecule has 2 rings (SSSR count). The number of hydrogen-bond acceptors (Lipinski definition) is 3. The predicted octanol–water partition coefficient (Wildman–Crippen LogP) is 10.0. The second kappa shape index (κ2) is 12.4. The summed E-state index contributed by atoms with van der Waals surface area (Å²) in [6.45, 7) is 27.7. The van der Waals surface area contributed by atoms with Gasteiger partial charge < -0.3 is 10.2 Å². The maximum Gasteiger partial charge on any atom is 0.173 e. The van der Waals surface area contributed by atoms with Crippen molar-refractivity contribution in [2.24, 2.45) is 0 Å². The first-order valence-electron chi connectivity index (χ1n) is 13.2. The number of anilines is 2. The molecule has 2 aromatic carbocycles. The molecule has 2 aromatic rings. The van der Waals surface area contributed by atoms with Gasteiger partial charge in [-0.25, -0.2) is 4.67 Å². The first kappa shape index (κ1) is 28.7. The summed E-state index contributed by atoms with van der Waals surface area (Å²) in [5, 5.41) is 8.20.